The van der Waals surface area contributed by atoms with Gasteiger partial charge in [0.15, 0.2) is 0 Å². The van der Waals surface area contributed by atoms with E-state index in [0.29, 0.717) is 18.8 Å². The van der Waals surface area contributed by atoms with E-state index >= 15 is 0 Å². The van der Waals surface area contributed by atoms with E-state index in [-0.39, 0.29) is 30.6 Å². The first kappa shape index (κ1) is 23.5. The van der Waals surface area contributed by atoms with Crippen LogP contribution in [0.2, 0.25) is 0 Å². The average Bonchev–Trinajstić information content (AvgIpc) is 2.41. The van der Waals surface area contributed by atoms with Gasteiger partial charge in [0.1, 0.15) is 5.25 Å². The molecule has 0 aromatic carbocycles. The van der Waals surface area contributed by atoms with Crippen molar-refractivity contribution in [2.45, 2.75) is 70.7 Å². The third-order valence-electron chi connectivity index (χ3n) is 3.13. The van der Waals surface area contributed by atoms with Crippen molar-refractivity contribution < 1.29 is 31.5 Å². The van der Waals surface area contributed by atoms with Crippen molar-refractivity contribution in [2.75, 3.05) is 12.4 Å². The number of rotatable bonds is 11. The van der Waals surface area contributed by atoms with Crippen LogP contribution in [0.4, 0.5) is 22.0 Å². The molecule has 0 aliphatic rings. The first-order chi connectivity index (χ1) is 10.9. The maximum Gasteiger partial charge on any atom is 0.453 e. The van der Waals surface area contributed by atoms with Gasteiger partial charge in [-0.25, -0.2) is 0 Å². The van der Waals surface area contributed by atoms with Crippen molar-refractivity contribution in [1.29, 1.82) is 0 Å². The predicted molar refractivity (Wildman–Crippen MR) is 86.4 cm³/mol. The predicted octanol–water partition coefficient (Wildman–Crippen LogP) is 5.70. The summed E-state index contributed by atoms with van der Waals surface area (Å²) in [4.78, 5) is 12.0. The van der Waals surface area contributed by atoms with Crippen LogP contribution in [0.3, 0.4) is 0 Å². The second kappa shape index (κ2) is 10.5. The molecule has 0 aliphatic carbocycles. The summed E-state index contributed by atoms with van der Waals surface area (Å²) in [6.45, 7) is 8.05. The Labute approximate surface area is 144 Å². The van der Waals surface area contributed by atoms with Gasteiger partial charge >= 0.3 is 18.1 Å². The first-order valence-corrected chi connectivity index (χ1v) is 9.14. The monoisotopic (exact) mass is 378 g/mol. The number of hydrogen-bond donors (Lipinski definition) is 0. The highest BCUT2D eigenvalue weighted by Crippen LogP contribution is 2.39. The summed E-state index contributed by atoms with van der Waals surface area (Å²) in [5.41, 5.74) is 0. The van der Waals surface area contributed by atoms with Gasteiger partial charge in [-0.15, -0.1) is 11.8 Å². The van der Waals surface area contributed by atoms with E-state index in [2.05, 4.69) is 0 Å². The number of carbonyl (C=O) groups excluding carboxylic acids is 1. The molecule has 0 rings (SSSR count). The molecule has 144 valence electrons. The van der Waals surface area contributed by atoms with Gasteiger partial charge in [-0.1, -0.05) is 27.7 Å². The van der Waals surface area contributed by atoms with Gasteiger partial charge in [0.05, 0.1) is 6.61 Å². The minimum Gasteiger partial charge on any atom is -0.465 e. The standard InChI is InChI=1S/C16H27F5O2S/c1-11(2)9-13(14(22)23-10-12(3)4)24-8-6-5-7-15(17,18)16(19,20)21/h11-13H,5-10H2,1-4H3. The second-order valence-electron chi connectivity index (χ2n) is 6.67. The largest absolute Gasteiger partial charge is 0.465 e. The van der Waals surface area contributed by atoms with Gasteiger partial charge in [-0.3, -0.25) is 4.79 Å². The molecular weight excluding hydrogens is 351 g/mol. The number of alkyl halides is 5. The summed E-state index contributed by atoms with van der Waals surface area (Å²) in [5, 5.41) is -0.410. The van der Waals surface area contributed by atoms with Crippen LogP contribution in [0, 0.1) is 11.8 Å². The third kappa shape index (κ3) is 9.69. The lowest BCUT2D eigenvalue weighted by atomic mass is 10.1. The Balaban J connectivity index is 4.26. The van der Waals surface area contributed by atoms with Crippen molar-refractivity contribution in [2.24, 2.45) is 11.8 Å². The molecule has 0 spiro atoms. The Morgan fingerprint density at radius 2 is 1.58 bits per heavy atom. The normalized spacial score (nSPS) is 14.3. The van der Waals surface area contributed by atoms with Gasteiger partial charge in [0, 0.05) is 6.42 Å². The van der Waals surface area contributed by atoms with E-state index in [1.807, 2.05) is 27.7 Å². The van der Waals surface area contributed by atoms with E-state index in [0.717, 1.165) is 0 Å². The molecule has 0 saturated carbocycles. The smallest absolute Gasteiger partial charge is 0.453 e. The number of thioether (sulfide) groups is 1. The van der Waals surface area contributed by atoms with E-state index in [1.165, 1.54) is 11.8 Å². The van der Waals surface area contributed by atoms with Crippen LogP contribution in [0.1, 0.15) is 53.4 Å². The molecule has 2 nitrogen and oxygen atoms in total. The lowest BCUT2D eigenvalue weighted by Crippen LogP contribution is -2.36. The molecule has 0 heterocycles. The number of unbranched alkanes of at least 4 members (excludes halogenated alkanes) is 1. The number of carbonyl (C=O) groups is 1. The van der Waals surface area contributed by atoms with Crippen molar-refractivity contribution in [1.82, 2.24) is 0 Å². The van der Waals surface area contributed by atoms with Crippen molar-refractivity contribution in [3.05, 3.63) is 0 Å². The minimum absolute atomic E-state index is 0.197. The van der Waals surface area contributed by atoms with Crippen LogP contribution in [0.25, 0.3) is 0 Å². The number of ether oxygens (including phenoxy) is 1. The summed E-state index contributed by atoms with van der Waals surface area (Å²) >= 11 is 1.27. The Bertz CT molecular complexity index is 370. The Kier molecular flexibility index (Phi) is 10.2. The quantitative estimate of drug-likeness (QED) is 0.262. The van der Waals surface area contributed by atoms with Gasteiger partial charge in [0.2, 0.25) is 0 Å². The second-order valence-corrected chi connectivity index (χ2v) is 7.98. The van der Waals surface area contributed by atoms with Crippen molar-refractivity contribution in [3.8, 4) is 0 Å². The third-order valence-corrected chi connectivity index (χ3v) is 4.44. The lowest BCUT2D eigenvalue weighted by molar-refractivity contribution is -0.284. The van der Waals surface area contributed by atoms with Gasteiger partial charge < -0.3 is 4.74 Å². The molecular formula is C16H27F5O2S. The summed E-state index contributed by atoms with van der Waals surface area (Å²) in [6.07, 6.45) is -6.18. The first-order valence-electron chi connectivity index (χ1n) is 8.09. The van der Waals surface area contributed by atoms with Crippen LogP contribution in [-0.2, 0) is 9.53 Å². The molecule has 1 unspecified atom stereocenters. The maximum atomic E-state index is 12.8. The van der Waals surface area contributed by atoms with E-state index < -0.39 is 23.8 Å². The van der Waals surface area contributed by atoms with Crippen molar-refractivity contribution >= 4 is 17.7 Å². The zero-order chi connectivity index (χ0) is 19.0. The fraction of sp³-hybridized carbons (Fsp3) is 0.938. The van der Waals surface area contributed by atoms with Crippen molar-refractivity contribution in [3.63, 3.8) is 0 Å². The van der Waals surface area contributed by atoms with Crippen LogP contribution < -0.4 is 0 Å². The van der Waals surface area contributed by atoms with Crippen LogP contribution in [-0.4, -0.2) is 35.7 Å². The van der Waals surface area contributed by atoms with Gasteiger partial charge in [-0.2, -0.15) is 22.0 Å². The molecule has 24 heavy (non-hydrogen) atoms. The molecule has 0 fully saturated rings. The molecule has 8 heteroatoms. The Morgan fingerprint density at radius 1 is 1.00 bits per heavy atom. The summed E-state index contributed by atoms with van der Waals surface area (Å²) in [5.74, 6) is -4.18. The lowest BCUT2D eigenvalue weighted by Gasteiger charge is -2.20. The molecule has 0 radical (unpaired) electrons. The number of hydrogen-bond acceptors (Lipinski definition) is 3. The number of esters is 1. The zero-order valence-corrected chi connectivity index (χ0v) is 15.4. The SMILES string of the molecule is CC(C)COC(=O)C(CC(C)C)SCCCCC(F)(F)C(F)(F)F. The fourth-order valence-corrected chi connectivity index (χ4v) is 3.20. The summed E-state index contributed by atoms with van der Waals surface area (Å²) in [7, 11) is 0. The molecule has 0 saturated heterocycles. The van der Waals surface area contributed by atoms with Crippen LogP contribution >= 0.6 is 11.8 Å². The molecule has 0 N–H and O–H groups in total. The highest BCUT2D eigenvalue weighted by molar-refractivity contribution is 8.00. The van der Waals surface area contributed by atoms with Crippen LogP contribution in [0.5, 0.6) is 0 Å². The van der Waals surface area contributed by atoms with E-state index in [1.54, 1.807) is 0 Å². The topological polar surface area (TPSA) is 26.3 Å². The summed E-state index contributed by atoms with van der Waals surface area (Å²) < 4.78 is 66.9. The molecule has 0 aliphatic heterocycles. The minimum atomic E-state index is -5.50. The molecule has 1 atom stereocenters. The van der Waals surface area contributed by atoms with Crippen LogP contribution in [0.15, 0.2) is 0 Å². The Hall–Kier alpha value is -0.530. The van der Waals surface area contributed by atoms with E-state index in [4.69, 9.17) is 4.74 Å². The highest BCUT2D eigenvalue weighted by Gasteiger charge is 2.56. The maximum absolute atomic E-state index is 12.8. The molecule has 0 bridgehead atoms. The average molecular weight is 378 g/mol. The molecule has 0 amide bonds. The molecule has 0 aromatic heterocycles. The highest BCUT2D eigenvalue weighted by atomic mass is 32.2. The van der Waals surface area contributed by atoms with Gasteiger partial charge in [0.25, 0.3) is 0 Å². The zero-order valence-electron chi connectivity index (χ0n) is 14.6. The number of halogens is 5. The molecule has 0 aromatic rings. The summed E-state index contributed by atoms with van der Waals surface area (Å²) in [6, 6.07) is 0. The van der Waals surface area contributed by atoms with E-state index in [9.17, 15) is 26.7 Å². The fourth-order valence-electron chi connectivity index (χ4n) is 1.82. The van der Waals surface area contributed by atoms with Gasteiger partial charge in [-0.05, 0) is 36.9 Å². The Morgan fingerprint density at radius 3 is 2.04 bits per heavy atom.